The van der Waals surface area contributed by atoms with Gasteiger partial charge in [-0.3, -0.25) is 0 Å². The van der Waals surface area contributed by atoms with Crippen LogP contribution in [0, 0.1) is 0 Å². The fraction of sp³-hybridized carbons (Fsp3) is 0.167. The zero-order chi connectivity index (χ0) is 7.68. The summed E-state index contributed by atoms with van der Waals surface area (Å²) >= 11 is 1.51. The van der Waals surface area contributed by atoms with Crippen molar-refractivity contribution in [3.63, 3.8) is 0 Å². The van der Waals surface area contributed by atoms with Crippen molar-refractivity contribution in [1.29, 1.82) is 0 Å². The van der Waals surface area contributed by atoms with Crippen LogP contribution in [0.4, 0.5) is 5.82 Å². The first-order chi connectivity index (χ1) is 5.42. The minimum atomic E-state index is 0.788. The van der Waals surface area contributed by atoms with Crippen LogP contribution < -0.4 is 5.32 Å². The Morgan fingerprint density at radius 1 is 1.36 bits per heavy atom. The van der Waals surface area contributed by atoms with Gasteiger partial charge < -0.3 is 5.32 Å². The number of nitrogens with zero attached hydrogens (tertiary/aromatic N) is 3. The molecule has 5 heteroatoms. The van der Waals surface area contributed by atoms with Crippen molar-refractivity contribution in [3.8, 4) is 0 Å². The number of nitrogens with one attached hydrogen (secondary N) is 1. The molecule has 56 valence electrons. The van der Waals surface area contributed by atoms with Crippen LogP contribution in [0.3, 0.4) is 0 Å². The molecule has 11 heavy (non-hydrogen) atoms. The lowest BCUT2D eigenvalue weighted by Crippen LogP contribution is -1.93. The minimum Gasteiger partial charge on any atom is -0.371 e. The van der Waals surface area contributed by atoms with E-state index in [1.807, 2.05) is 7.05 Å². The number of anilines is 1. The molecule has 4 nitrogen and oxygen atoms in total. The van der Waals surface area contributed by atoms with E-state index in [9.17, 15) is 0 Å². The first-order valence-electron chi connectivity index (χ1n) is 3.14. The van der Waals surface area contributed by atoms with E-state index in [2.05, 4.69) is 20.3 Å². The van der Waals surface area contributed by atoms with Gasteiger partial charge in [0.25, 0.3) is 0 Å². The molecule has 2 heterocycles. The monoisotopic (exact) mass is 166 g/mol. The normalized spacial score (nSPS) is 10.3. The molecule has 2 aromatic heterocycles. The van der Waals surface area contributed by atoms with Gasteiger partial charge in [0.2, 0.25) is 0 Å². The SMILES string of the molecule is CNc1ncnc2scnc12. The summed E-state index contributed by atoms with van der Waals surface area (Å²) in [7, 11) is 1.82. The molecule has 0 unspecified atom stereocenters. The lowest BCUT2D eigenvalue weighted by atomic mass is 10.5. The summed E-state index contributed by atoms with van der Waals surface area (Å²) in [5.41, 5.74) is 2.61. The van der Waals surface area contributed by atoms with E-state index in [1.165, 1.54) is 17.7 Å². The summed E-state index contributed by atoms with van der Waals surface area (Å²) in [4.78, 5) is 13.1. The van der Waals surface area contributed by atoms with Crippen molar-refractivity contribution in [2.24, 2.45) is 0 Å². The van der Waals surface area contributed by atoms with Crippen LogP contribution in [-0.2, 0) is 0 Å². The van der Waals surface area contributed by atoms with E-state index < -0.39 is 0 Å². The van der Waals surface area contributed by atoms with Crippen LogP contribution in [-0.4, -0.2) is 22.0 Å². The molecule has 0 aliphatic carbocycles. The average molecular weight is 166 g/mol. The highest BCUT2D eigenvalue weighted by atomic mass is 32.1. The maximum atomic E-state index is 4.12. The lowest BCUT2D eigenvalue weighted by molar-refractivity contribution is 1.21. The standard InChI is InChI=1S/C6H6N4S/c1-7-5-4-6(9-2-8-5)11-3-10-4/h2-3H,1H3,(H,7,8,9). The number of rotatable bonds is 1. The minimum absolute atomic E-state index is 0.788. The smallest absolute Gasteiger partial charge is 0.156 e. The molecule has 0 radical (unpaired) electrons. The molecule has 0 spiro atoms. The van der Waals surface area contributed by atoms with Gasteiger partial charge in [0, 0.05) is 7.05 Å². The number of thiazole rings is 1. The molecule has 0 bridgehead atoms. The summed E-state index contributed by atoms with van der Waals surface area (Å²) in [5.74, 6) is 0.788. The number of hydrogen-bond donors (Lipinski definition) is 1. The molecule has 2 aromatic rings. The topological polar surface area (TPSA) is 50.7 Å². The Bertz CT molecular complexity index is 369. The Hall–Kier alpha value is -1.23. The summed E-state index contributed by atoms with van der Waals surface area (Å²) in [6.07, 6.45) is 1.53. The van der Waals surface area contributed by atoms with E-state index in [0.29, 0.717) is 0 Å². The second kappa shape index (κ2) is 2.43. The van der Waals surface area contributed by atoms with Crippen LogP contribution in [0.15, 0.2) is 11.8 Å². The van der Waals surface area contributed by atoms with Crippen molar-refractivity contribution in [3.05, 3.63) is 11.8 Å². The highest BCUT2D eigenvalue weighted by molar-refractivity contribution is 7.16. The van der Waals surface area contributed by atoms with Gasteiger partial charge in [0.1, 0.15) is 16.7 Å². The van der Waals surface area contributed by atoms with Crippen molar-refractivity contribution in [2.75, 3.05) is 12.4 Å². The molecule has 0 saturated heterocycles. The van der Waals surface area contributed by atoms with Gasteiger partial charge >= 0.3 is 0 Å². The van der Waals surface area contributed by atoms with Crippen molar-refractivity contribution >= 4 is 27.5 Å². The van der Waals surface area contributed by atoms with Gasteiger partial charge in [0.15, 0.2) is 5.82 Å². The van der Waals surface area contributed by atoms with Gasteiger partial charge in [-0.1, -0.05) is 0 Å². The maximum Gasteiger partial charge on any atom is 0.156 e. The van der Waals surface area contributed by atoms with Gasteiger partial charge in [-0.15, -0.1) is 11.3 Å². The highest BCUT2D eigenvalue weighted by Crippen LogP contribution is 2.19. The van der Waals surface area contributed by atoms with Crippen LogP contribution in [0.2, 0.25) is 0 Å². The zero-order valence-corrected chi connectivity index (χ0v) is 6.72. The van der Waals surface area contributed by atoms with Crippen LogP contribution in [0.25, 0.3) is 10.3 Å². The zero-order valence-electron chi connectivity index (χ0n) is 5.90. The summed E-state index contributed by atoms with van der Waals surface area (Å²) in [6.45, 7) is 0. The molecule has 0 atom stereocenters. The van der Waals surface area contributed by atoms with Gasteiger partial charge in [-0.25, -0.2) is 15.0 Å². The molecule has 0 saturated carbocycles. The van der Waals surface area contributed by atoms with Crippen LogP contribution in [0.1, 0.15) is 0 Å². The Morgan fingerprint density at radius 2 is 2.27 bits per heavy atom. The molecule has 0 aromatic carbocycles. The third kappa shape index (κ3) is 0.932. The third-order valence-corrected chi connectivity index (χ3v) is 2.10. The van der Waals surface area contributed by atoms with Crippen LogP contribution in [0.5, 0.6) is 0 Å². The Labute approximate surface area is 67.3 Å². The maximum absolute atomic E-state index is 4.12. The van der Waals surface area contributed by atoms with E-state index in [4.69, 9.17) is 0 Å². The quantitative estimate of drug-likeness (QED) is 0.690. The van der Waals surface area contributed by atoms with Crippen molar-refractivity contribution in [2.45, 2.75) is 0 Å². The lowest BCUT2D eigenvalue weighted by Gasteiger charge is -1.96. The Kier molecular flexibility index (Phi) is 1.43. The molecule has 0 aliphatic heterocycles. The molecule has 0 fully saturated rings. The highest BCUT2D eigenvalue weighted by Gasteiger charge is 2.02. The Balaban J connectivity index is 2.79. The average Bonchev–Trinajstić information content (AvgIpc) is 2.50. The Morgan fingerprint density at radius 3 is 3.09 bits per heavy atom. The number of hydrogen-bond acceptors (Lipinski definition) is 5. The van der Waals surface area contributed by atoms with Gasteiger partial charge in [0.05, 0.1) is 5.51 Å². The summed E-state index contributed by atoms with van der Waals surface area (Å²) in [6, 6.07) is 0. The van der Waals surface area contributed by atoms with E-state index in [1.54, 1.807) is 5.51 Å². The largest absolute Gasteiger partial charge is 0.371 e. The van der Waals surface area contributed by atoms with Crippen molar-refractivity contribution < 1.29 is 0 Å². The van der Waals surface area contributed by atoms with E-state index in [-0.39, 0.29) is 0 Å². The third-order valence-electron chi connectivity index (χ3n) is 1.37. The molecule has 0 aliphatic rings. The van der Waals surface area contributed by atoms with E-state index >= 15 is 0 Å². The van der Waals surface area contributed by atoms with Crippen LogP contribution >= 0.6 is 11.3 Å². The van der Waals surface area contributed by atoms with E-state index in [0.717, 1.165) is 16.2 Å². The van der Waals surface area contributed by atoms with Gasteiger partial charge in [-0.05, 0) is 0 Å². The predicted molar refractivity (Wildman–Crippen MR) is 44.8 cm³/mol. The molecule has 1 N–H and O–H groups in total. The second-order valence-corrected chi connectivity index (χ2v) is 2.81. The fourth-order valence-electron chi connectivity index (χ4n) is 0.877. The number of aromatic nitrogens is 3. The molecular weight excluding hydrogens is 160 g/mol. The second-order valence-electron chi connectivity index (χ2n) is 1.98. The predicted octanol–water partition coefficient (Wildman–Crippen LogP) is 1.13. The first-order valence-corrected chi connectivity index (χ1v) is 4.01. The first kappa shape index (κ1) is 6.48. The number of fused-ring (bicyclic) bond motifs is 1. The molecular formula is C6H6N4S. The summed E-state index contributed by atoms with van der Waals surface area (Å²) in [5, 5.41) is 2.95. The summed E-state index contributed by atoms with van der Waals surface area (Å²) < 4.78 is 0. The molecule has 2 rings (SSSR count). The van der Waals surface area contributed by atoms with Gasteiger partial charge in [-0.2, -0.15) is 0 Å². The van der Waals surface area contributed by atoms with Crippen molar-refractivity contribution in [1.82, 2.24) is 15.0 Å². The fourth-order valence-corrected chi connectivity index (χ4v) is 1.50. The molecule has 0 amide bonds.